The number of nitrogens with one attached hydrogen (secondary N) is 2. The van der Waals surface area contributed by atoms with Crippen molar-refractivity contribution in [3.05, 3.63) is 46.6 Å². The van der Waals surface area contributed by atoms with Gasteiger partial charge in [-0.3, -0.25) is 14.8 Å². The van der Waals surface area contributed by atoms with Crippen molar-refractivity contribution < 1.29 is 9.59 Å². The number of aromatic amines is 1. The average molecular weight is 437 g/mol. The first kappa shape index (κ1) is 21.0. The molecule has 3 aliphatic rings. The standard InChI is InChI=1S/C24H32N6O2/c1-4-17-7-9-18(10-8-17)23(31)25-22-20-14-30(16(3)21(20)26-27-22)24(32)29-13-19-6-5-11-28(19)12-15(29)2/h7-10,15-16,19H,4-6,11-14H2,1-3H3,(H2,25,26,27,31)/t15?,16?,19-/m0/s1. The predicted octanol–water partition coefficient (Wildman–Crippen LogP) is 3.39. The number of fused-ring (bicyclic) bond motifs is 2. The zero-order valence-electron chi connectivity index (χ0n) is 19.1. The van der Waals surface area contributed by atoms with Crippen molar-refractivity contribution in [2.45, 2.75) is 64.7 Å². The lowest BCUT2D eigenvalue weighted by molar-refractivity contribution is 0.0580. The Labute approximate surface area is 188 Å². The van der Waals surface area contributed by atoms with Crippen molar-refractivity contribution >= 4 is 17.8 Å². The number of benzene rings is 1. The Balaban J connectivity index is 1.29. The summed E-state index contributed by atoms with van der Waals surface area (Å²) >= 11 is 0. The van der Waals surface area contributed by atoms with Crippen LogP contribution >= 0.6 is 0 Å². The number of anilines is 1. The Bertz CT molecular complexity index is 1020. The van der Waals surface area contributed by atoms with E-state index in [1.165, 1.54) is 18.4 Å². The third-order valence-corrected chi connectivity index (χ3v) is 7.40. The lowest BCUT2D eigenvalue weighted by atomic mass is 10.1. The van der Waals surface area contributed by atoms with E-state index in [0.717, 1.165) is 37.3 Å². The van der Waals surface area contributed by atoms with Crippen LogP contribution in [0.4, 0.5) is 10.6 Å². The summed E-state index contributed by atoms with van der Waals surface area (Å²) in [5.41, 5.74) is 3.60. The summed E-state index contributed by atoms with van der Waals surface area (Å²) in [6.07, 6.45) is 3.33. The topological polar surface area (TPSA) is 84.6 Å². The van der Waals surface area contributed by atoms with Gasteiger partial charge in [-0.05, 0) is 57.4 Å². The van der Waals surface area contributed by atoms with Crippen LogP contribution in [0.25, 0.3) is 0 Å². The molecule has 3 aliphatic heterocycles. The molecule has 0 radical (unpaired) electrons. The summed E-state index contributed by atoms with van der Waals surface area (Å²) in [5, 5.41) is 10.3. The van der Waals surface area contributed by atoms with Gasteiger partial charge in [0, 0.05) is 36.3 Å². The summed E-state index contributed by atoms with van der Waals surface area (Å²) in [4.78, 5) is 32.7. The maximum absolute atomic E-state index is 13.5. The molecule has 4 heterocycles. The molecule has 8 heteroatoms. The molecule has 2 unspecified atom stereocenters. The van der Waals surface area contributed by atoms with Gasteiger partial charge >= 0.3 is 6.03 Å². The largest absolute Gasteiger partial charge is 0.321 e. The fourth-order valence-electron chi connectivity index (χ4n) is 5.37. The van der Waals surface area contributed by atoms with Crippen LogP contribution in [0.1, 0.15) is 66.8 Å². The van der Waals surface area contributed by atoms with E-state index in [0.29, 0.717) is 24.0 Å². The number of carbonyl (C=O) groups excluding carboxylic acids is 2. The summed E-state index contributed by atoms with van der Waals surface area (Å²) in [7, 11) is 0. The molecule has 2 aromatic rings. The second-order valence-electron chi connectivity index (χ2n) is 9.35. The second-order valence-corrected chi connectivity index (χ2v) is 9.35. The molecule has 1 aromatic heterocycles. The molecular formula is C24H32N6O2. The molecule has 8 nitrogen and oxygen atoms in total. The Morgan fingerprint density at radius 2 is 1.94 bits per heavy atom. The molecule has 0 bridgehead atoms. The van der Waals surface area contributed by atoms with Crippen molar-refractivity contribution in [1.82, 2.24) is 24.9 Å². The summed E-state index contributed by atoms with van der Waals surface area (Å²) in [6.45, 7) is 9.60. The zero-order valence-corrected chi connectivity index (χ0v) is 19.1. The molecular weight excluding hydrogens is 404 g/mol. The number of piperazine rings is 1. The molecule has 2 saturated heterocycles. The van der Waals surface area contributed by atoms with E-state index < -0.39 is 0 Å². The van der Waals surface area contributed by atoms with Crippen LogP contribution in [-0.4, -0.2) is 68.6 Å². The Kier molecular flexibility index (Phi) is 5.41. The number of aromatic nitrogens is 2. The van der Waals surface area contributed by atoms with Gasteiger partial charge in [-0.15, -0.1) is 0 Å². The molecule has 1 aromatic carbocycles. The Morgan fingerprint density at radius 1 is 1.16 bits per heavy atom. The number of hydrogen-bond donors (Lipinski definition) is 2. The first-order valence-electron chi connectivity index (χ1n) is 11.7. The number of aryl methyl sites for hydroxylation is 1. The van der Waals surface area contributed by atoms with E-state index in [2.05, 4.69) is 34.3 Å². The Hall–Kier alpha value is -2.87. The van der Waals surface area contributed by atoms with Gasteiger partial charge in [0.25, 0.3) is 5.91 Å². The maximum Gasteiger partial charge on any atom is 0.321 e. The predicted molar refractivity (Wildman–Crippen MR) is 122 cm³/mol. The van der Waals surface area contributed by atoms with E-state index in [-0.39, 0.29) is 24.0 Å². The minimum atomic E-state index is -0.189. The molecule has 0 spiro atoms. The second kappa shape index (κ2) is 8.24. The summed E-state index contributed by atoms with van der Waals surface area (Å²) in [5.74, 6) is 0.325. The third-order valence-electron chi connectivity index (χ3n) is 7.40. The number of amides is 3. The molecule has 2 N–H and O–H groups in total. The Morgan fingerprint density at radius 3 is 2.69 bits per heavy atom. The quantitative estimate of drug-likeness (QED) is 0.773. The molecule has 3 atom stereocenters. The van der Waals surface area contributed by atoms with Gasteiger partial charge in [-0.2, -0.15) is 5.10 Å². The van der Waals surface area contributed by atoms with Gasteiger partial charge in [0.15, 0.2) is 5.82 Å². The molecule has 2 fully saturated rings. The van der Waals surface area contributed by atoms with Crippen LogP contribution in [0.3, 0.4) is 0 Å². The minimum absolute atomic E-state index is 0.0774. The number of H-pyrrole nitrogens is 1. The van der Waals surface area contributed by atoms with Gasteiger partial charge in [0.2, 0.25) is 0 Å². The summed E-state index contributed by atoms with van der Waals surface area (Å²) < 4.78 is 0. The zero-order chi connectivity index (χ0) is 22.4. The lowest BCUT2D eigenvalue weighted by Crippen LogP contribution is -2.59. The van der Waals surface area contributed by atoms with E-state index in [1.54, 1.807) is 0 Å². The van der Waals surface area contributed by atoms with Crippen LogP contribution in [0, 0.1) is 0 Å². The van der Waals surface area contributed by atoms with Crippen LogP contribution in [0.5, 0.6) is 0 Å². The van der Waals surface area contributed by atoms with Crippen molar-refractivity contribution in [2.24, 2.45) is 0 Å². The van der Waals surface area contributed by atoms with Gasteiger partial charge in [-0.25, -0.2) is 4.79 Å². The molecule has 170 valence electrons. The monoisotopic (exact) mass is 436 g/mol. The maximum atomic E-state index is 13.5. The van der Waals surface area contributed by atoms with E-state index >= 15 is 0 Å². The molecule has 0 saturated carbocycles. The van der Waals surface area contributed by atoms with E-state index in [4.69, 9.17) is 0 Å². The highest BCUT2D eigenvalue weighted by Gasteiger charge is 2.42. The highest BCUT2D eigenvalue weighted by molar-refractivity contribution is 6.04. The van der Waals surface area contributed by atoms with Gasteiger partial charge in [0.05, 0.1) is 18.3 Å². The van der Waals surface area contributed by atoms with Crippen LogP contribution in [0.2, 0.25) is 0 Å². The van der Waals surface area contributed by atoms with Crippen molar-refractivity contribution in [1.29, 1.82) is 0 Å². The number of hydrogen-bond acceptors (Lipinski definition) is 4. The SMILES string of the molecule is CCc1ccc(C(=O)Nc2n[nH]c3c2CN(C(=O)N2C[C@@H]4CCCN4CC2C)C3C)cc1. The van der Waals surface area contributed by atoms with Crippen LogP contribution in [0.15, 0.2) is 24.3 Å². The lowest BCUT2D eigenvalue weighted by Gasteiger charge is -2.44. The fourth-order valence-corrected chi connectivity index (χ4v) is 5.37. The normalized spacial score (nSPS) is 25.0. The van der Waals surface area contributed by atoms with Gasteiger partial charge in [-0.1, -0.05) is 19.1 Å². The minimum Gasteiger partial charge on any atom is -0.319 e. The van der Waals surface area contributed by atoms with Crippen molar-refractivity contribution in [3.8, 4) is 0 Å². The van der Waals surface area contributed by atoms with E-state index in [1.807, 2.05) is 41.0 Å². The van der Waals surface area contributed by atoms with E-state index in [9.17, 15) is 9.59 Å². The summed E-state index contributed by atoms with van der Waals surface area (Å²) in [6, 6.07) is 8.28. The molecule has 3 amide bonds. The van der Waals surface area contributed by atoms with Gasteiger partial charge < -0.3 is 15.1 Å². The highest BCUT2D eigenvalue weighted by Crippen LogP contribution is 2.37. The van der Waals surface area contributed by atoms with Gasteiger partial charge in [0.1, 0.15) is 0 Å². The average Bonchev–Trinajstić information content (AvgIpc) is 3.50. The molecule has 32 heavy (non-hydrogen) atoms. The smallest absolute Gasteiger partial charge is 0.319 e. The highest BCUT2D eigenvalue weighted by atomic mass is 16.2. The third kappa shape index (κ3) is 3.56. The number of nitrogens with zero attached hydrogens (tertiary/aromatic N) is 4. The molecule has 0 aliphatic carbocycles. The molecule has 5 rings (SSSR count). The number of rotatable bonds is 3. The van der Waals surface area contributed by atoms with Crippen LogP contribution in [-0.2, 0) is 13.0 Å². The number of urea groups is 1. The first-order chi connectivity index (χ1) is 15.5. The fraction of sp³-hybridized carbons (Fsp3) is 0.542. The van der Waals surface area contributed by atoms with Crippen LogP contribution < -0.4 is 5.32 Å². The number of carbonyl (C=O) groups is 2. The first-order valence-corrected chi connectivity index (χ1v) is 11.7. The van der Waals surface area contributed by atoms with Crippen molar-refractivity contribution in [2.75, 3.05) is 25.0 Å². The van der Waals surface area contributed by atoms with Crippen molar-refractivity contribution in [3.63, 3.8) is 0 Å².